The summed E-state index contributed by atoms with van der Waals surface area (Å²) < 4.78 is 5.73. The Morgan fingerprint density at radius 2 is 1.94 bits per heavy atom. The molecule has 17 heavy (non-hydrogen) atoms. The van der Waals surface area contributed by atoms with Crippen LogP contribution in [0.15, 0.2) is 24.3 Å². The first-order chi connectivity index (χ1) is 8.04. The van der Waals surface area contributed by atoms with E-state index in [0.29, 0.717) is 0 Å². The van der Waals surface area contributed by atoms with Crippen molar-refractivity contribution in [2.24, 2.45) is 0 Å². The summed E-state index contributed by atoms with van der Waals surface area (Å²) in [6.07, 6.45) is 1.17. The maximum absolute atomic E-state index is 5.73. The van der Waals surface area contributed by atoms with E-state index in [0.717, 1.165) is 25.4 Å². The van der Waals surface area contributed by atoms with Gasteiger partial charge in [0.05, 0.1) is 0 Å². The van der Waals surface area contributed by atoms with Crippen LogP contribution in [0, 0.1) is 0 Å². The topological polar surface area (TPSA) is 21.3 Å². The number of ether oxygens (including phenoxy) is 1. The molecule has 2 nitrogen and oxygen atoms in total. The summed E-state index contributed by atoms with van der Waals surface area (Å²) in [5, 5.41) is 3.33. The molecule has 2 heteroatoms. The molecular formula is C15H25NO. The molecule has 0 fully saturated rings. The van der Waals surface area contributed by atoms with Crippen molar-refractivity contribution >= 4 is 0 Å². The summed E-state index contributed by atoms with van der Waals surface area (Å²) in [7, 11) is 0. The number of benzene rings is 1. The Labute approximate surface area is 105 Å². The first kappa shape index (κ1) is 14.0. The Morgan fingerprint density at radius 3 is 2.59 bits per heavy atom. The van der Waals surface area contributed by atoms with Crippen molar-refractivity contribution in [3.8, 4) is 5.75 Å². The number of hydrogen-bond donors (Lipinski definition) is 1. The van der Waals surface area contributed by atoms with Gasteiger partial charge < -0.3 is 10.1 Å². The van der Waals surface area contributed by atoms with Crippen LogP contribution in [0.3, 0.4) is 0 Å². The predicted octanol–water partition coefficient (Wildman–Crippen LogP) is 3.36. The lowest BCUT2D eigenvalue weighted by atomic mass is 9.87. The average Bonchev–Trinajstić information content (AvgIpc) is 2.28. The van der Waals surface area contributed by atoms with Crippen LogP contribution in [-0.4, -0.2) is 19.7 Å². The van der Waals surface area contributed by atoms with E-state index in [9.17, 15) is 0 Å². The molecule has 0 heterocycles. The molecule has 0 atom stereocenters. The Balaban J connectivity index is 2.44. The molecule has 0 bridgehead atoms. The fourth-order valence-corrected chi connectivity index (χ4v) is 1.60. The molecule has 0 unspecified atom stereocenters. The van der Waals surface area contributed by atoms with Crippen molar-refractivity contribution in [3.63, 3.8) is 0 Å². The molecule has 0 spiro atoms. The molecule has 0 saturated carbocycles. The standard InChI is InChI=1S/C15H25NO/c1-5-9-16-10-11-17-14-8-6-7-13(12-14)15(2,3)4/h6-8,12,16H,5,9-11H2,1-4H3. The third-order valence-electron chi connectivity index (χ3n) is 2.67. The highest BCUT2D eigenvalue weighted by molar-refractivity contribution is 5.32. The quantitative estimate of drug-likeness (QED) is 0.763. The Bertz CT molecular complexity index is 328. The fourth-order valence-electron chi connectivity index (χ4n) is 1.60. The van der Waals surface area contributed by atoms with Crippen molar-refractivity contribution in [1.82, 2.24) is 5.32 Å². The minimum Gasteiger partial charge on any atom is -0.492 e. The zero-order valence-corrected chi connectivity index (χ0v) is 11.5. The van der Waals surface area contributed by atoms with Crippen LogP contribution in [0.1, 0.15) is 39.7 Å². The van der Waals surface area contributed by atoms with Gasteiger partial charge in [0.2, 0.25) is 0 Å². The van der Waals surface area contributed by atoms with Crippen molar-refractivity contribution in [1.29, 1.82) is 0 Å². The van der Waals surface area contributed by atoms with E-state index in [4.69, 9.17) is 4.74 Å². The van der Waals surface area contributed by atoms with Crippen molar-refractivity contribution in [2.75, 3.05) is 19.7 Å². The molecule has 0 radical (unpaired) electrons. The molecule has 0 amide bonds. The van der Waals surface area contributed by atoms with Crippen molar-refractivity contribution in [2.45, 2.75) is 39.5 Å². The maximum Gasteiger partial charge on any atom is 0.119 e. The number of nitrogens with one attached hydrogen (secondary N) is 1. The highest BCUT2D eigenvalue weighted by Crippen LogP contribution is 2.25. The smallest absolute Gasteiger partial charge is 0.119 e. The lowest BCUT2D eigenvalue weighted by Gasteiger charge is -2.19. The first-order valence-electron chi connectivity index (χ1n) is 6.48. The van der Waals surface area contributed by atoms with Gasteiger partial charge >= 0.3 is 0 Å². The highest BCUT2D eigenvalue weighted by atomic mass is 16.5. The normalized spacial score (nSPS) is 11.5. The third-order valence-corrected chi connectivity index (χ3v) is 2.67. The summed E-state index contributed by atoms with van der Waals surface area (Å²) in [5.41, 5.74) is 1.50. The molecule has 1 aromatic rings. The SMILES string of the molecule is CCCNCCOc1cccc(C(C)(C)C)c1. The van der Waals surface area contributed by atoms with Gasteiger partial charge in [0.25, 0.3) is 0 Å². The molecule has 0 saturated heterocycles. The van der Waals surface area contributed by atoms with Gasteiger partial charge in [0, 0.05) is 6.54 Å². The van der Waals surface area contributed by atoms with E-state index in [1.165, 1.54) is 12.0 Å². The van der Waals surface area contributed by atoms with E-state index in [2.05, 4.69) is 51.2 Å². The van der Waals surface area contributed by atoms with Crippen LogP contribution in [-0.2, 0) is 5.41 Å². The van der Waals surface area contributed by atoms with Crippen LogP contribution >= 0.6 is 0 Å². The number of hydrogen-bond acceptors (Lipinski definition) is 2. The first-order valence-corrected chi connectivity index (χ1v) is 6.48. The second kappa shape index (κ2) is 6.65. The Morgan fingerprint density at radius 1 is 1.18 bits per heavy atom. The summed E-state index contributed by atoms with van der Waals surface area (Å²) in [4.78, 5) is 0. The Kier molecular flexibility index (Phi) is 5.49. The van der Waals surface area contributed by atoms with Crippen LogP contribution in [0.5, 0.6) is 5.75 Å². The summed E-state index contributed by atoms with van der Waals surface area (Å²) in [6, 6.07) is 8.38. The maximum atomic E-state index is 5.73. The summed E-state index contributed by atoms with van der Waals surface area (Å²) in [6.45, 7) is 11.5. The Hall–Kier alpha value is -1.02. The molecule has 0 aliphatic heterocycles. The van der Waals surface area contributed by atoms with Gasteiger partial charge in [-0.1, -0.05) is 39.8 Å². The van der Waals surface area contributed by atoms with Crippen LogP contribution in [0.25, 0.3) is 0 Å². The largest absolute Gasteiger partial charge is 0.492 e. The van der Waals surface area contributed by atoms with Gasteiger partial charge in [-0.3, -0.25) is 0 Å². The van der Waals surface area contributed by atoms with Gasteiger partial charge in [0.15, 0.2) is 0 Å². The zero-order chi connectivity index (χ0) is 12.7. The van der Waals surface area contributed by atoms with Crippen molar-refractivity contribution < 1.29 is 4.74 Å². The van der Waals surface area contributed by atoms with E-state index >= 15 is 0 Å². The second-order valence-electron chi connectivity index (χ2n) is 5.38. The van der Waals surface area contributed by atoms with E-state index in [1.54, 1.807) is 0 Å². The van der Waals surface area contributed by atoms with E-state index in [1.807, 2.05) is 6.07 Å². The molecule has 1 aromatic carbocycles. The second-order valence-corrected chi connectivity index (χ2v) is 5.38. The lowest BCUT2D eigenvalue weighted by molar-refractivity contribution is 0.313. The molecular weight excluding hydrogens is 210 g/mol. The number of rotatable bonds is 6. The van der Waals surface area contributed by atoms with Crippen LogP contribution in [0.4, 0.5) is 0 Å². The molecule has 1 N–H and O–H groups in total. The van der Waals surface area contributed by atoms with Gasteiger partial charge in [-0.05, 0) is 36.1 Å². The highest BCUT2D eigenvalue weighted by Gasteiger charge is 2.13. The van der Waals surface area contributed by atoms with Gasteiger partial charge in [-0.25, -0.2) is 0 Å². The van der Waals surface area contributed by atoms with E-state index < -0.39 is 0 Å². The lowest BCUT2D eigenvalue weighted by Crippen LogP contribution is -2.21. The molecule has 96 valence electrons. The zero-order valence-electron chi connectivity index (χ0n) is 11.5. The minimum atomic E-state index is 0.180. The van der Waals surface area contributed by atoms with Gasteiger partial charge in [-0.15, -0.1) is 0 Å². The molecule has 1 rings (SSSR count). The third kappa shape index (κ3) is 5.22. The van der Waals surface area contributed by atoms with Crippen molar-refractivity contribution in [3.05, 3.63) is 29.8 Å². The fraction of sp³-hybridized carbons (Fsp3) is 0.600. The molecule has 0 aromatic heterocycles. The summed E-state index contributed by atoms with van der Waals surface area (Å²) in [5.74, 6) is 0.968. The van der Waals surface area contributed by atoms with Gasteiger partial charge in [-0.2, -0.15) is 0 Å². The average molecular weight is 235 g/mol. The monoisotopic (exact) mass is 235 g/mol. The summed E-state index contributed by atoms with van der Waals surface area (Å²) >= 11 is 0. The molecule has 0 aliphatic carbocycles. The molecule has 0 aliphatic rings. The van der Waals surface area contributed by atoms with Crippen LogP contribution < -0.4 is 10.1 Å². The minimum absolute atomic E-state index is 0.180. The predicted molar refractivity (Wildman–Crippen MR) is 73.8 cm³/mol. The van der Waals surface area contributed by atoms with Gasteiger partial charge in [0.1, 0.15) is 12.4 Å². The van der Waals surface area contributed by atoms with Crippen LogP contribution in [0.2, 0.25) is 0 Å². The van der Waals surface area contributed by atoms with E-state index in [-0.39, 0.29) is 5.41 Å².